The molecule has 0 atom stereocenters. The second kappa shape index (κ2) is 10.1. The lowest BCUT2D eigenvalue weighted by atomic mass is 9.86. The number of benzene rings is 3. The molecule has 0 spiro atoms. The molecule has 5 rings (SSSR count). The largest absolute Gasteiger partial charge is 0.504 e. The molecule has 3 nitrogen and oxygen atoms in total. The summed E-state index contributed by atoms with van der Waals surface area (Å²) in [5.41, 5.74) is 9.09. The number of likely N-dealkylation sites (tertiary alicyclic amines) is 1. The van der Waals surface area contributed by atoms with E-state index in [1.165, 1.54) is 39.5 Å². The first kappa shape index (κ1) is 22.9. The van der Waals surface area contributed by atoms with E-state index >= 15 is 0 Å². The summed E-state index contributed by atoms with van der Waals surface area (Å²) in [5, 5.41) is 19.1. The number of piperidine rings is 1. The standard InChI is InChI=1S/C29H27NO2.ClH/c31-27-14-11-21(20-28(27)32)6-5-17-30-18-15-24(16-19-30)29-25-9-3-1-7-22(25)12-13-23-8-2-4-10-26(23)29;/h1-14,20,31-32H,15-19H2;1H/b6-5+;. The number of aromatic hydroxyl groups is 2. The van der Waals surface area contributed by atoms with E-state index in [-0.39, 0.29) is 23.9 Å². The highest BCUT2D eigenvalue weighted by Gasteiger charge is 2.22. The Labute approximate surface area is 201 Å². The van der Waals surface area contributed by atoms with Gasteiger partial charge in [-0.15, -0.1) is 12.4 Å². The molecule has 0 saturated carbocycles. The van der Waals surface area contributed by atoms with Gasteiger partial charge in [-0.3, -0.25) is 4.90 Å². The Bertz CT molecular complexity index is 1180. The van der Waals surface area contributed by atoms with E-state index in [1.54, 1.807) is 12.1 Å². The molecule has 0 unspecified atom stereocenters. The Balaban J connectivity index is 0.00000259. The van der Waals surface area contributed by atoms with Gasteiger partial charge in [0.15, 0.2) is 11.5 Å². The monoisotopic (exact) mass is 457 g/mol. The molecule has 1 aliphatic heterocycles. The highest BCUT2D eigenvalue weighted by molar-refractivity contribution is 5.94. The van der Waals surface area contributed by atoms with Crippen LogP contribution in [0.15, 0.2) is 78.4 Å². The fraction of sp³-hybridized carbons (Fsp3) is 0.172. The van der Waals surface area contributed by atoms with E-state index in [2.05, 4.69) is 71.7 Å². The molecule has 1 aliphatic carbocycles. The third kappa shape index (κ3) is 4.90. The molecule has 0 radical (unpaired) electrons. The molecule has 1 fully saturated rings. The van der Waals surface area contributed by atoms with Crippen molar-refractivity contribution in [1.29, 1.82) is 0 Å². The minimum absolute atomic E-state index is 0. The lowest BCUT2D eigenvalue weighted by molar-refractivity contribution is 0.284. The van der Waals surface area contributed by atoms with E-state index in [4.69, 9.17) is 0 Å². The fourth-order valence-corrected chi connectivity index (χ4v) is 4.68. The highest BCUT2D eigenvalue weighted by Crippen LogP contribution is 2.38. The number of hydrogen-bond acceptors (Lipinski definition) is 3. The molecule has 0 aromatic heterocycles. The van der Waals surface area contributed by atoms with E-state index in [0.29, 0.717) is 0 Å². The Morgan fingerprint density at radius 3 is 1.97 bits per heavy atom. The third-order valence-electron chi connectivity index (χ3n) is 6.39. The SMILES string of the molecule is Cl.Oc1ccc(/C=C/CN2CCC(=C3c4ccccc4C=Cc4ccccc43)CC2)cc1O. The smallest absolute Gasteiger partial charge is 0.157 e. The van der Waals surface area contributed by atoms with Crippen LogP contribution >= 0.6 is 12.4 Å². The molecule has 168 valence electrons. The molecule has 3 aromatic rings. The van der Waals surface area contributed by atoms with Gasteiger partial charge in [0.25, 0.3) is 0 Å². The van der Waals surface area contributed by atoms with Crippen molar-refractivity contribution in [2.75, 3.05) is 19.6 Å². The molecule has 2 N–H and O–H groups in total. The number of nitrogens with zero attached hydrogens (tertiary/aromatic N) is 1. The molecule has 2 aliphatic rings. The predicted octanol–water partition coefficient (Wildman–Crippen LogP) is 6.61. The van der Waals surface area contributed by atoms with Gasteiger partial charge in [-0.05, 0) is 58.4 Å². The number of rotatable bonds is 3. The summed E-state index contributed by atoms with van der Waals surface area (Å²) in [7, 11) is 0. The van der Waals surface area contributed by atoms with Crippen LogP contribution < -0.4 is 0 Å². The summed E-state index contributed by atoms with van der Waals surface area (Å²) in [4.78, 5) is 2.47. The van der Waals surface area contributed by atoms with E-state index in [1.807, 2.05) is 6.08 Å². The maximum atomic E-state index is 9.66. The predicted molar refractivity (Wildman–Crippen MR) is 140 cm³/mol. The maximum Gasteiger partial charge on any atom is 0.157 e. The van der Waals surface area contributed by atoms with Crippen LogP contribution in [0.3, 0.4) is 0 Å². The van der Waals surface area contributed by atoms with Crippen LogP contribution in [0, 0.1) is 0 Å². The fourth-order valence-electron chi connectivity index (χ4n) is 4.68. The summed E-state index contributed by atoms with van der Waals surface area (Å²) in [6, 6.07) is 22.3. The zero-order valence-electron chi connectivity index (χ0n) is 18.4. The van der Waals surface area contributed by atoms with Gasteiger partial charge in [-0.2, -0.15) is 0 Å². The van der Waals surface area contributed by atoms with Gasteiger partial charge >= 0.3 is 0 Å². The van der Waals surface area contributed by atoms with Crippen LogP contribution in [-0.2, 0) is 0 Å². The lowest BCUT2D eigenvalue weighted by Gasteiger charge is -2.29. The number of phenols is 2. The second-order valence-corrected chi connectivity index (χ2v) is 8.44. The molecular formula is C29H28ClNO2. The first-order chi connectivity index (χ1) is 15.7. The van der Waals surface area contributed by atoms with Gasteiger partial charge < -0.3 is 10.2 Å². The van der Waals surface area contributed by atoms with Gasteiger partial charge in [0.05, 0.1) is 0 Å². The van der Waals surface area contributed by atoms with Crippen molar-refractivity contribution in [3.8, 4) is 11.5 Å². The molecule has 4 heteroatoms. The summed E-state index contributed by atoms with van der Waals surface area (Å²) < 4.78 is 0. The van der Waals surface area contributed by atoms with E-state index < -0.39 is 0 Å². The van der Waals surface area contributed by atoms with E-state index in [0.717, 1.165) is 38.0 Å². The van der Waals surface area contributed by atoms with Gasteiger partial charge in [0, 0.05) is 19.6 Å². The van der Waals surface area contributed by atoms with Gasteiger partial charge in [0.2, 0.25) is 0 Å². The van der Waals surface area contributed by atoms with Crippen LogP contribution in [0.2, 0.25) is 0 Å². The van der Waals surface area contributed by atoms with Crippen molar-refractivity contribution in [3.63, 3.8) is 0 Å². The number of hydrogen-bond donors (Lipinski definition) is 2. The molecular weight excluding hydrogens is 430 g/mol. The van der Waals surface area contributed by atoms with Crippen molar-refractivity contribution in [2.24, 2.45) is 0 Å². The highest BCUT2D eigenvalue weighted by atomic mass is 35.5. The first-order valence-electron chi connectivity index (χ1n) is 11.2. The molecule has 0 bridgehead atoms. The van der Waals surface area contributed by atoms with Gasteiger partial charge in [-0.1, -0.05) is 84.5 Å². The molecule has 1 saturated heterocycles. The Morgan fingerprint density at radius 1 is 0.758 bits per heavy atom. The topological polar surface area (TPSA) is 43.7 Å². The number of halogens is 1. The van der Waals surface area contributed by atoms with Crippen molar-refractivity contribution >= 4 is 36.2 Å². The third-order valence-corrected chi connectivity index (χ3v) is 6.39. The van der Waals surface area contributed by atoms with E-state index in [9.17, 15) is 10.2 Å². The molecule has 0 amide bonds. The molecule has 1 heterocycles. The summed E-state index contributed by atoms with van der Waals surface area (Å²) in [6.45, 7) is 2.93. The zero-order valence-corrected chi connectivity index (χ0v) is 19.3. The molecule has 3 aromatic carbocycles. The second-order valence-electron chi connectivity index (χ2n) is 8.44. The average Bonchev–Trinajstić information content (AvgIpc) is 2.99. The van der Waals surface area contributed by atoms with Crippen molar-refractivity contribution in [2.45, 2.75) is 12.8 Å². The quantitative estimate of drug-likeness (QED) is 0.340. The maximum absolute atomic E-state index is 9.66. The van der Waals surface area contributed by atoms with Crippen LogP contribution in [0.5, 0.6) is 11.5 Å². The summed E-state index contributed by atoms with van der Waals surface area (Å²) >= 11 is 0. The first-order valence-corrected chi connectivity index (χ1v) is 11.2. The Hall–Kier alpha value is -3.27. The van der Waals surface area contributed by atoms with Crippen molar-refractivity contribution < 1.29 is 10.2 Å². The minimum Gasteiger partial charge on any atom is -0.504 e. The summed E-state index contributed by atoms with van der Waals surface area (Å²) in [6.07, 6.45) is 10.7. The average molecular weight is 458 g/mol. The zero-order chi connectivity index (χ0) is 21.9. The molecule has 33 heavy (non-hydrogen) atoms. The van der Waals surface area contributed by atoms with Crippen molar-refractivity contribution in [1.82, 2.24) is 4.90 Å². The van der Waals surface area contributed by atoms with Crippen LogP contribution in [0.25, 0.3) is 23.8 Å². The lowest BCUT2D eigenvalue weighted by Crippen LogP contribution is -2.31. The number of phenolic OH excluding ortho intramolecular Hbond substituents is 2. The van der Waals surface area contributed by atoms with Crippen LogP contribution in [-0.4, -0.2) is 34.7 Å². The Kier molecular flexibility index (Phi) is 7.02. The Morgan fingerprint density at radius 2 is 1.36 bits per heavy atom. The van der Waals surface area contributed by atoms with Crippen LogP contribution in [0.4, 0.5) is 0 Å². The number of fused-ring (bicyclic) bond motifs is 2. The minimum atomic E-state index is -0.0874. The van der Waals surface area contributed by atoms with Gasteiger partial charge in [0.1, 0.15) is 0 Å². The van der Waals surface area contributed by atoms with Crippen LogP contribution in [0.1, 0.15) is 40.7 Å². The van der Waals surface area contributed by atoms with Crippen molar-refractivity contribution in [3.05, 3.63) is 106 Å². The normalized spacial score (nSPS) is 15.6. The van der Waals surface area contributed by atoms with Gasteiger partial charge in [-0.25, -0.2) is 0 Å². The summed E-state index contributed by atoms with van der Waals surface area (Å²) in [5.74, 6) is -0.171.